The monoisotopic (exact) mass is 338 g/mol. The zero-order valence-electron chi connectivity index (χ0n) is 14.5. The van der Waals surface area contributed by atoms with E-state index in [4.69, 9.17) is 10.5 Å². The fraction of sp³-hybridized carbons (Fsp3) is 0.381. The molecule has 0 bridgehead atoms. The molecular formula is C21H26N2O2. The van der Waals surface area contributed by atoms with Gasteiger partial charge in [0.05, 0.1) is 5.69 Å². The maximum absolute atomic E-state index is 12.3. The van der Waals surface area contributed by atoms with E-state index in [1.54, 1.807) is 18.2 Å². The Kier molecular flexibility index (Phi) is 5.94. The summed E-state index contributed by atoms with van der Waals surface area (Å²) in [6, 6.07) is 15.2. The summed E-state index contributed by atoms with van der Waals surface area (Å²) in [6.45, 7) is 1.21. The first-order valence-electron chi connectivity index (χ1n) is 9.07. The van der Waals surface area contributed by atoms with E-state index in [1.807, 2.05) is 30.3 Å². The number of benzene rings is 2. The van der Waals surface area contributed by atoms with Gasteiger partial charge in [0.25, 0.3) is 5.91 Å². The van der Waals surface area contributed by atoms with Gasteiger partial charge in [0.15, 0.2) is 0 Å². The van der Waals surface area contributed by atoms with Gasteiger partial charge in [0.2, 0.25) is 0 Å². The Morgan fingerprint density at radius 2 is 1.84 bits per heavy atom. The van der Waals surface area contributed by atoms with Gasteiger partial charge in [0, 0.05) is 12.1 Å². The SMILES string of the molecule is Nc1cc(C(=O)NCC2CCCCC2)ccc1OCc1ccccc1. The highest BCUT2D eigenvalue weighted by Crippen LogP contribution is 2.25. The van der Waals surface area contributed by atoms with Crippen LogP contribution in [0.15, 0.2) is 48.5 Å². The molecule has 0 saturated heterocycles. The van der Waals surface area contributed by atoms with Crippen molar-refractivity contribution in [2.75, 3.05) is 12.3 Å². The molecule has 0 unspecified atom stereocenters. The molecule has 4 nitrogen and oxygen atoms in total. The van der Waals surface area contributed by atoms with Crippen LogP contribution in [0.2, 0.25) is 0 Å². The second-order valence-electron chi connectivity index (χ2n) is 6.74. The number of nitrogen functional groups attached to an aromatic ring is 1. The average Bonchev–Trinajstić information content (AvgIpc) is 2.66. The molecule has 0 aromatic heterocycles. The summed E-state index contributed by atoms with van der Waals surface area (Å²) in [4.78, 5) is 12.3. The van der Waals surface area contributed by atoms with Crippen molar-refractivity contribution in [3.8, 4) is 5.75 Å². The highest BCUT2D eigenvalue weighted by molar-refractivity contribution is 5.95. The van der Waals surface area contributed by atoms with Crippen molar-refractivity contribution in [3.63, 3.8) is 0 Å². The molecule has 1 aliphatic rings. The molecule has 1 fully saturated rings. The minimum Gasteiger partial charge on any atom is -0.487 e. The summed E-state index contributed by atoms with van der Waals surface area (Å²) in [5.41, 5.74) is 8.21. The van der Waals surface area contributed by atoms with E-state index < -0.39 is 0 Å². The summed E-state index contributed by atoms with van der Waals surface area (Å²) < 4.78 is 5.76. The molecule has 0 atom stereocenters. The number of nitrogens with two attached hydrogens (primary N) is 1. The molecule has 1 amide bonds. The molecular weight excluding hydrogens is 312 g/mol. The van der Waals surface area contributed by atoms with Gasteiger partial charge in [-0.2, -0.15) is 0 Å². The lowest BCUT2D eigenvalue weighted by molar-refractivity contribution is 0.0943. The molecule has 132 valence electrons. The maximum atomic E-state index is 12.3. The molecule has 4 heteroatoms. The summed E-state index contributed by atoms with van der Waals surface area (Å²) in [5.74, 6) is 1.16. The van der Waals surface area contributed by atoms with E-state index in [0.29, 0.717) is 29.5 Å². The molecule has 0 spiro atoms. The van der Waals surface area contributed by atoms with Gasteiger partial charge in [-0.15, -0.1) is 0 Å². The number of carbonyl (C=O) groups is 1. The van der Waals surface area contributed by atoms with Crippen LogP contribution >= 0.6 is 0 Å². The molecule has 3 rings (SSSR count). The predicted molar refractivity (Wildman–Crippen MR) is 101 cm³/mol. The highest BCUT2D eigenvalue weighted by atomic mass is 16.5. The lowest BCUT2D eigenvalue weighted by atomic mass is 9.89. The zero-order valence-corrected chi connectivity index (χ0v) is 14.5. The van der Waals surface area contributed by atoms with Crippen LogP contribution in [0, 0.1) is 5.92 Å². The van der Waals surface area contributed by atoms with Gasteiger partial charge < -0.3 is 15.8 Å². The minimum absolute atomic E-state index is 0.0631. The number of nitrogens with one attached hydrogen (secondary N) is 1. The van der Waals surface area contributed by atoms with Crippen LogP contribution in [0.5, 0.6) is 5.75 Å². The topological polar surface area (TPSA) is 64.4 Å². The fourth-order valence-electron chi connectivity index (χ4n) is 3.29. The highest BCUT2D eigenvalue weighted by Gasteiger charge is 2.15. The molecule has 1 saturated carbocycles. The molecule has 0 radical (unpaired) electrons. The Bertz CT molecular complexity index is 694. The summed E-state index contributed by atoms with van der Waals surface area (Å²) in [5, 5.41) is 3.04. The number of carbonyl (C=O) groups excluding carboxylic acids is 1. The normalized spacial score (nSPS) is 14.9. The van der Waals surface area contributed by atoms with E-state index in [9.17, 15) is 4.79 Å². The van der Waals surface area contributed by atoms with Crippen molar-refractivity contribution in [1.29, 1.82) is 0 Å². The molecule has 0 aliphatic heterocycles. The lowest BCUT2D eigenvalue weighted by Crippen LogP contribution is -2.30. The summed E-state index contributed by atoms with van der Waals surface area (Å²) in [6.07, 6.45) is 6.32. The first-order chi connectivity index (χ1) is 12.2. The standard InChI is InChI=1S/C21H26N2O2/c22-19-13-18(21(24)23-14-16-7-3-1-4-8-16)11-12-20(19)25-15-17-9-5-2-6-10-17/h2,5-6,9-13,16H,1,3-4,7-8,14-15,22H2,(H,23,24). The van der Waals surface area contributed by atoms with E-state index in [0.717, 1.165) is 12.1 Å². The van der Waals surface area contributed by atoms with Crippen LogP contribution < -0.4 is 15.8 Å². The number of rotatable bonds is 6. The zero-order chi connectivity index (χ0) is 17.5. The van der Waals surface area contributed by atoms with Gasteiger partial charge in [-0.25, -0.2) is 0 Å². The van der Waals surface area contributed by atoms with Gasteiger partial charge in [0.1, 0.15) is 12.4 Å². The van der Waals surface area contributed by atoms with Crippen molar-refractivity contribution < 1.29 is 9.53 Å². The van der Waals surface area contributed by atoms with Crippen LogP contribution in [0.3, 0.4) is 0 Å². The quantitative estimate of drug-likeness (QED) is 0.777. The molecule has 2 aromatic rings. The molecule has 0 heterocycles. The fourth-order valence-corrected chi connectivity index (χ4v) is 3.29. The third kappa shape index (κ3) is 4.99. The molecule has 2 aromatic carbocycles. The Labute approximate surface area is 149 Å². The largest absolute Gasteiger partial charge is 0.487 e. The maximum Gasteiger partial charge on any atom is 0.251 e. The number of amides is 1. The Balaban J connectivity index is 1.54. The summed E-state index contributed by atoms with van der Waals surface area (Å²) >= 11 is 0. The molecule has 1 aliphatic carbocycles. The van der Waals surface area contributed by atoms with Crippen LogP contribution in [-0.2, 0) is 6.61 Å². The van der Waals surface area contributed by atoms with E-state index >= 15 is 0 Å². The van der Waals surface area contributed by atoms with Crippen LogP contribution in [-0.4, -0.2) is 12.5 Å². The second-order valence-corrected chi connectivity index (χ2v) is 6.74. The smallest absolute Gasteiger partial charge is 0.251 e. The Morgan fingerprint density at radius 1 is 1.08 bits per heavy atom. The van der Waals surface area contributed by atoms with Gasteiger partial charge in [-0.3, -0.25) is 4.79 Å². The van der Waals surface area contributed by atoms with E-state index in [1.165, 1.54) is 32.1 Å². The van der Waals surface area contributed by atoms with Crippen LogP contribution in [0.1, 0.15) is 48.0 Å². The van der Waals surface area contributed by atoms with Crippen molar-refractivity contribution in [2.45, 2.75) is 38.7 Å². The third-order valence-electron chi connectivity index (χ3n) is 4.79. The van der Waals surface area contributed by atoms with Gasteiger partial charge in [-0.05, 0) is 42.5 Å². The first kappa shape index (κ1) is 17.3. The minimum atomic E-state index is -0.0631. The Morgan fingerprint density at radius 3 is 2.56 bits per heavy atom. The number of ether oxygens (including phenoxy) is 1. The molecule has 25 heavy (non-hydrogen) atoms. The Hall–Kier alpha value is -2.49. The summed E-state index contributed by atoms with van der Waals surface area (Å²) in [7, 11) is 0. The van der Waals surface area contributed by atoms with Crippen molar-refractivity contribution in [2.24, 2.45) is 5.92 Å². The second kappa shape index (κ2) is 8.56. The van der Waals surface area contributed by atoms with E-state index in [2.05, 4.69) is 5.32 Å². The predicted octanol–water partition coefficient (Wildman–Crippen LogP) is 4.16. The van der Waals surface area contributed by atoms with Crippen LogP contribution in [0.25, 0.3) is 0 Å². The average molecular weight is 338 g/mol. The number of hydrogen-bond acceptors (Lipinski definition) is 3. The molecule has 3 N–H and O–H groups in total. The van der Waals surface area contributed by atoms with Crippen molar-refractivity contribution >= 4 is 11.6 Å². The third-order valence-corrected chi connectivity index (χ3v) is 4.79. The van der Waals surface area contributed by atoms with Crippen LogP contribution in [0.4, 0.5) is 5.69 Å². The lowest BCUT2D eigenvalue weighted by Gasteiger charge is -2.21. The number of anilines is 1. The van der Waals surface area contributed by atoms with Gasteiger partial charge in [-0.1, -0.05) is 49.6 Å². The van der Waals surface area contributed by atoms with Crippen molar-refractivity contribution in [3.05, 3.63) is 59.7 Å². The number of hydrogen-bond donors (Lipinski definition) is 2. The van der Waals surface area contributed by atoms with Crippen molar-refractivity contribution in [1.82, 2.24) is 5.32 Å². The van der Waals surface area contributed by atoms with Gasteiger partial charge >= 0.3 is 0 Å². The first-order valence-corrected chi connectivity index (χ1v) is 9.07. The van der Waals surface area contributed by atoms with E-state index in [-0.39, 0.29) is 5.91 Å².